The summed E-state index contributed by atoms with van der Waals surface area (Å²) in [6.45, 7) is 5.49. The maximum absolute atomic E-state index is 11.5. The van der Waals surface area contributed by atoms with Crippen molar-refractivity contribution in [3.05, 3.63) is 0 Å². The predicted octanol–water partition coefficient (Wildman–Crippen LogP) is 0.317. The van der Waals surface area contributed by atoms with Crippen molar-refractivity contribution < 1.29 is 13.2 Å². The van der Waals surface area contributed by atoms with E-state index in [1.165, 1.54) is 0 Å². The van der Waals surface area contributed by atoms with Crippen molar-refractivity contribution in [1.82, 2.24) is 4.72 Å². The molecule has 0 heterocycles. The van der Waals surface area contributed by atoms with Crippen molar-refractivity contribution in [2.75, 3.05) is 32.6 Å². The van der Waals surface area contributed by atoms with Gasteiger partial charge in [0.2, 0.25) is 10.0 Å². The number of hydrogen-bond donors (Lipinski definition) is 2. The minimum atomic E-state index is -3.17. The molecule has 6 heteroatoms. The number of hydrogen-bond acceptors (Lipinski definition) is 4. The Hall–Kier alpha value is -0.170. The molecule has 0 rings (SSSR count). The zero-order valence-electron chi connectivity index (χ0n) is 10.5. The molecule has 3 N–H and O–H groups in total. The van der Waals surface area contributed by atoms with Gasteiger partial charge in [0.15, 0.2) is 0 Å². The Morgan fingerprint density at radius 2 is 2.00 bits per heavy atom. The predicted molar refractivity (Wildman–Crippen MR) is 65.7 cm³/mol. The van der Waals surface area contributed by atoms with E-state index >= 15 is 0 Å². The molecule has 0 saturated carbocycles. The summed E-state index contributed by atoms with van der Waals surface area (Å²) in [4.78, 5) is 0. The van der Waals surface area contributed by atoms with Crippen LogP contribution in [0.25, 0.3) is 0 Å². The molecule has 0 fully saturated rings. The number of rotatable bonds is 9. The van der Waals surface area contributed by atoms with Gasteiger partial charge < -0.3 is 10.5 Å². The second kappa shape index (κ2) is 7.21. The van der Waals surface area contributed by atoms with E-state index in [0.29, 0.717) is 26.1 Å². The Morgan fingerprint density at radius 1 is 1.38 bits per heavy atom. The van der Waals surface area contributed by atoms with E-state index in [1.54, 1.807) is 7.11 Å². The fraction of sp³-hybridized carbons (Fsp3) is 1.00. The van der Waals surface area contributed by atoms with E-state index in [-0.39, 0.29) is 11.2 Å². The topological polar surface area (TPSA) is 81.4 Å². The zero-order chi connectivity index (χ0) is 12.7. The van der Waals surface area contributed by atoms with Crippen LogP contribution in [-0.2, 0) is 14.8 Å². The Balaban J connectivity index is 4.02. The van der Waals surface area contributed by atoms with Gasteiger partial charge in [-0.05, 0) is 24.8 Å². The zero-order valence-corrected chi connectivity index (χ0v) is 11.3. The van der Waals surface area contributed by atoms with Gasteiger partial charge in [-0.1, -0.05) is 13.8 Å². The lowest BCUT2D eigenvalue weighted by Crippen LogP contribution is -2.36. The molecule has 0 aromatic carbocycles. The van der Waals surface area contributed by atoms with Gasteiger partial charge in [-0.3, -0.25) is 0 Å². The van der Waals surface area contributed by atoms with Gasteiger partial charge in [0.25, 0.3) is 0 Å². The summed E-state index contributed by atoms with van der Waals surface area (Å²) in [6.07, 6.45) is 1.32. The average molecular weight is 252 g/mol. The lowest BCUT2D eigenvalue weighted by Gasteiger charge is -2.24. The second-order valence-corrected chi connectivity index (χ2v) is 6.62. The second-order valence-electron chi connectivity index (χ2n) is 4.69. The van der Waals surface area contributed by atoms with E-state index in [9.17, 15) is 8.42 Å². The Kier molecular flexibility index (Phi) is 7.14. The highest BCUT2D eigenvalue weighted by molar-refractivity contribution is 7.89. The molecule has 0 aromatic rings. The Morgan fingerprint density at radius 3 is 2.50 bits per heavy atom. The maximum Gasteiger partial charge on any atom is 0.211 e. The Bertz CT molecular complexity index is 276. The molecule has 0 bridgehead atoms. The summed E-state index contributed by atoms with van der Waals surface area (Å²) in [5.74, 6) is 0.101. The Labute approximate surface area is 98.8 Å². The quantitative estimate of drug-likeness (QED) is 0.619. The van der Waals surface area contributed by atoms with Gasteiger partial charge in [0, 0.05) is 20.3 Å². The van der Waals surface area contributed by atoms with Crippen LogP contribution in [0.5, 0.6) is 0 Å². The molecule has 0 aromatic heterocycles. The lowest BCUT2D eigenvalue weighted by molar-refractivity contribution is 0.153. The van der Waals surface area contributed by atoms with Crippen LogP contribution >= 0.6 is 0 Å². The fourth-order valence-corrected chi connectivity index (χ4v) is 2.42. The van der Waals surface area contributed by atoms with Crippen molar-refractivity contribution in [2.24, 2.45) is 11.1 Å². The normalized spacial score (nSPS) is 13.0. The third kappa shape index (κ3) is 8.04. The molecule has 0 unspecified atom stereocenters. The van der Waals surface area contributed by atoms with Gasteiger partial charge in [-0.15, -0.1) is 0 Å². The van der Waals surface area contributed by atoms with E-state index in [1.807, 2.05) is 13.8 Å². The molecular weight excluding hydrogens is 228 g/mol. The van der Waals surface area contributed by atoms with Crippen LogP contribution in [-0.4, -0.2) is 41.0 Å². The monoisotopic (exact) mass is 252 g/mol. The molecule has 5 nitrogen and oxygen atoms in total. The van der Waals surface area contributed by atoms with Crippen molar-refractivity contribution in [3.63, 3.8) is 0 Å². The van der Waals surface area contributed by atoms with Gasteiger partial charge >= 0.3 is 0 Å². The number of methoxy groups -OCH3 is 1. The number of nitrogens with two attached hydrogens (primary N) is 1. The minimum Gasteiger partial charge on any atom is -0.385 e. The lowest BCUT2D eigenvalue weighted by atomic mass is 9.90. The van der Waals surface area contributed by atoms with Gasteiger partial charge in [0.1, 0.15) is 0 Å². The molecule has 0 amide bonds. The summed E-state index contributed by atoms with van der Waals surface area (Å²) in [6, 6.07) is 0. The van der Waals surface area contributed by atoms with Crippen LogP contribution < -0.4 is 10.5 Å². The van der Waals surface area contributed by atoms with E-state index in [2.05, 4.69) is 4.72 Å². The molecule has 0 aliphatic heterocycles. The molecule has 0 radical (unpaired) electrons. The largest absolute Gasteiger partial charge is 0.385 e. The van der Waals surface area contributed by atoms with Gasteiger partial charge in [-0.2, -0.15) is 0 Å². The van der Waals surface area contributed by atoms with Crippen molar-refractivity contribution in [3.8, 4) is 0 Å². The minimum absolute atomic E-state index is 0.0915. The smallest absolute Gasteiger partial charge is 0.211 e. The van der Waals surface area contributed by atoms with Crippen LogP contribution in [0.4, 0.5) is 0 Å². The molecule has 0 saturated heterocycles. The van der Waals surface area contributed by atoms with Gasteiger partial charge in [0.05, 0.1) is 5.75 Å². The summed E-state index contributed by atoms with van der Waals surface area (Å²) < 4.78 is 30.6. The molecule has 16 heavy (non-hydrogen) atoms. The van der Waals surface area contributed by atoms with E-state index in [0.717, 1.165) is 6.42 Å². The standard InChI is InChI=1S/C10H24N2O3S/c1-10(2,5-7-15-3)9-12-16(13,14)8-4-6-11/h12H,4-9,11H2,1-3H3. The third-order valence-corrected chi connectivity index (χ3v) is 3.78. The first kappa shape index (κ1) is 15.8. The highest BCUT2D eigenvalue weighted by atomic mass is 32.2. The third-order valence-electron chi connectivity index (χ3n) is 2.37. The van der Waals surface area contributed by atoms with Gasteiger partial charge in [-0.25, -0.2) is 13.1 Å². The van der Waals surface area contributed by atoms with Crippen molar-refractivity contribution in [2.45, 2.75) is 26.7 Å². The fourth-order valence-electron chi connectivity index (χ4n) is 1.12. The van der Waals surface area contributed by atoms with Crippen LogP contribution in [0.3, 0.4) is 0 Å². The first-order valence-electron chi connectivity index (χ1n) is 5.49. The van der Waals surface area contributed by atoms with E-state index in [4.69, 9.17) is 10.5 Å². The molecular formula is C10H24N2O3S. The summed E-state index contributed by atoms with van der Waals surface area (Å²) in [5.41, 5.74) is 5.18. The molecule has 0 aliphatic carbocycles. The average Bonchev–Trinajstić information content (AvgIpc) is 2.22. The highest BCUT2D eigenvalue weighted by Crippen LogP contribution is 2.19. The van der Waals surface area contributed by atoms with E-state index < -0.39 is 10.0 Å². The number of ether oxygens (including phenoxy) is 1. The number of nitrogens with one attached hydrogen (secondary N) is 1. The number of sulfonamides is 1. The van der Waals surface area contributed by atoms with Crippen molar-refractivity contribution in [1.29, 1.82) is 0 Å². The SMILES string of the molecule is COCCC(C)(C)CNS(=O)(=O)CCCN. The molecule has 0 aliphatic rings. The molecule has 0 atom stereocenters. The molecule has 98 valence electrons. The van der Waals surface area contributed by atoms with Crippen LogP contribution in [0, 0.1) is 5.41 Å². The van der Waals surface area contributed by atoms with Crippen LogP contribution in [0.15, 0.2) is 0 Å². The van der Waals surface area contributed by atoms with Crippen LogP contribution in [0.2, 0.25) is 0 Å². The van der Waals surface area contributed by atoms with Crippen molar-refractivity contribution >= 4 is 10.0 Å². The first-order chi connectivity index (χ1) is 7.33. The summed E-state index contributed by atoms with van der Waals surface area (Å²) in [7, 11) is -1.53. The molecule has 0 spiro atoms. The highest BCUT2D eigenvalue weighted by Gasteiger charge is 2.20. The first-order valence-corrected chi connectivity index (χ1v) is 7.14. The maximum atomic E-state index is 11.5. The summed E-state index contributed by atoms with van der Waals surface area (Å²) in [5, 5.41) is 0. The summed E-state index contributed by atoms with van der Waals surface area (Å²) >= 11 is 0. The van der Waals surface area contributed by atoms with Crippen LogP contribution in [0.1, 0.15) is 26.7 Å².